The molecule has 17 heavy (non-hydrogen) atoms. The molecule has 0 aliphatic heterocycles. The van der Waals surface area contributed by atoms with Crippen molar-refractivity contribution in [3.8, 4) is 0 Å². The van der Waals surface area contributed by atoms with E-state index in [0.29, 0.717) is 6.04 Å². The fraction of sp³-hybridized carbons (Fsp3) is 0.455. The van der Waals surface area contributed by atoms with Gasteiger partial charge in [0, 0.05) is 28.7 Å². The maximum absolute atomic E-state index is 10.7. The highest BCUT2D eigenvalue weighted by Gasteiger charge is 2.22. The van der Waals surface area contributed by atoms with E-state index >= 15 is 0 Å². The fourth-order valence-corrected chi connectivity index (χ4v) is 2.47. The molecule has 0 heterocycles. The van der Waals surface area contributed by atoms with Gasteiger partial charge < -0.3 is 11.1 Å². The van der Waals surface area contributed by atoms with Crippen molar-refractivity contribution in [3.05, 3.63) is 32.8 Å². The van der Waals surface area contributed by atoms with Crippen LogP contribution in [0.25, 0.3) is 0 Å². The predicted molar refractivity (Wildman–Crippen MR) is 70.0 cm³/mol. The van der Waals surface area contributed by atoms with Crippen LogP contribution >= 0.6 is 15.9 Å². The van der Waals surface area contributed by atoms with Crippen molar-refractivity contribution in [3.63, 3.8) is 0 Å². The lowest BCUT2D eigenvalue weighted by molar-refractivity contribution is -0.384. The first-order valence-corrected chi connectivity index (χ1v) is 6.31. The average molecular weight is 300 g/mol. The number of benzene rings is 1. The quantitative estimate of drug-likeness (QED) is 0.664. The van der Waals surface area contributed by atoms with Gasteiger partial charge in [0.1, 0.15) is 0 Å². The molecule has 0 bridgehead atoms. The third kappa shape index (κ3) is 2.95. The van der Waals surface area contributed by atoms with Crippen LogP contribution in [0.5, 0.6) is 0 Å². The molecule has 2 rings (SSSR count). The van der Waals surface area contributed by atoms with Gasteiger partial charge in [-0.1, -0.05) is 0 Å². The van der Waals surface area contributed by atoms with Gasteiger partial charge in [0.25, 0.3) is 5.69 Å². The van der Waals surface area contributed by atoms with Crippen LogP contribution in [0.3, 0.4) is 0 Å². The third-order valence-electron chi connectivity index (χ3n) is 2.99. The Morgan fingerprint density at radius 2 is 2.24 bits per heavy atom. The molecule has 1 fully saturated rings. The van der Waals surface area contributed by atoms with Crippen LogP contribution in [0.2, 0.25) is 0 Å². The first-order valence-electron chi connectivity index (χ1n) is 5.52. The van der Waals surface area contributed by atoms with E-state index in [9.17, 15) is 10.1 Å². The number of nitrogens with two attached hydrogens (primary N) is 1. The number of rotatable bonds is 3. The molecule has 3 N–H and O–H groups in total. The Hall–Kier alpha value is -1.14. The van der Waals surface area contributed by atoms with Gasteiger partial charge in [0.05, 0.1) is 10.6 Å². The minimum absolute atomic E-state index is 0.0954. The van der Waals surface area contributed by atoms with Gasteiger partial charge in [-0.05, 0) is 41.3 Å². The van der Waals surface area contributed by atoms with Crippen molar-refractivity contribution in [2.75, 3.05) is 5.32 Å². The van der Waals surface area contributed by atoms with Gasteiger partial charge in [-0.15, -0.1) is 0 Å². The van der Waals surface area contributed by atoms with Gasteiger partial charge in [-0.3, -0.25) is 10.1 Å². The van der Waals surface area contributed by atoms with Crippen LogP contribution in [-0.4, -0.2) is 17.0 Å². The van der Waals surface area contributed by atoms with Crippen molar-refractivity contribution in [1.82, 2.24) is 0 Å². The second-order valence-electron chi connectivity index (χ2n) is 4.34. The average Bonchev–Trinajstić information content (AvgIpc) is 2.67. The van der Waals surface area contributed by atoms with Crippen molar-refractivity contribution in [1.29, 1.82) is 0 Å². The molecule has 1 aliphatic carbocycles. The number of nitro benzene ring substituents is 1. The lowest BCUT2D eigenvalue weighted by Gasteiger charge is -2.15. The monoisotopic (exact) mass is 299 g/mol. The molecule has 1 aliphatic rings. The Labute approximate surface area is 108 Å². The summed E-state index contributed by atoms with van der Waals surface area (Å²) in [4.78, 5) is 10.3. The largest absolute Gasteiger partial charge is 0.381 e. The van der Waals surface area contributed by atoms with Crippen molar-refractivity contribution >= 4 is 27.3 Å². The van der Waals surface area contributed by atoms with E-state index in [0.717, 1.165) is 29.4 Å². The Morgan fingerprint density at radius 3 is 2.82 bits per heavy atom. The molecule has 0 aromatic heterocycles. The van der Waals surface area contributed by atoms with Gasteiger partial charge in [0.2, 0.25) is 0 Å². The fourth-order valence-electron chi connectivity index (χ4n) is 2.10. The number of hydrogen-bond acceptors (Lipinski definition) is 4. The smallest absolute Gasteiger partial charge is 0.271 e. The highest BCUT2D eigenvalue weighted by Crippen LogP contribution is 2.30. The number of halogens is 1. The summed E-state index contributed by atoms with van der Waals surface area (Å²) < 4.78 is 0.837. The van der Waals surface area contributed by atoms with Crippen LogP contribution in [0.4, 0.5) is 11.4 Å². The third-order valence-corrected chi connectivity index (χ3v) is 3.69. The zero-order valence-electron chi connectivity index (χ0n) is 9.23. The van der Waals surface area contributed by atoms with E-state index in [4.69, 9.17) is 5.73 Å². The van der Waals surface area contributed by atoms with Crippen LogP contribution in [-0.2, 0) is 0 Å². The zero-order valence-corrected chi connectivity index (χ0v) is 10.8. The number of hydrogen-bond donors (Lipinski definition) is 2. The second-order valence-corrected chi connectivity index (χ2v) is 5.19. The van der Waals surface area contributed by atoms with Crippen molar-refractivity contribution < 1.29 is 4.92 Å². The normalized spacial score (nSPS) is 23.6. The van der Waals surface area contributed by atoms with E-state index in [1.807, 2.05) is 0 Å². The standard InChI is InChI=1S/C11H14BrN3O2/c12-10-4-3-9(15(16)17)6-11(10)14-8-2-1-7(13)5-8/h3-4,6-8,14H,1-2,5,13H2. The van der Waals surface area contributed by atoms with Crippen molar-refractivity contribution in [2.24, 2.45) is 5.73 Å². The summed E-state index contributed by atoms with van der Waals surface area (Å²) in [7, 11) is 0. The molecule has 6 heteroatoms. The summed E-state index contributed by atoms with van der Waals surface area (Å²) in [5.41, 5.74) is 6.69. The molecule has 1 aromatic rings. The van der Waals surface area contributed by atoms with Crippen LogP contribution < -0.4 is 11.1 Å². The first-order chi connectivity index (χ1) is 8.06. The number of nitrogens with one attached hydrogen (secondary N) is 1. The minimum Gasteiger partial charge on any atom is -0.381 e. The zero-order chi connectivity index (χ0) is 12.4. The summed E-state index contributed by atoms with van der Waals surface area (Å²) >= 11 is 3.39. The van der Waals surface area contributed by atoms with E-state index in [1.165, 1.54) is 6.07 Å². The summed E-state index contributed by atoms with van der Waals surface area (Å²) in [5.74, 6) is 0. The second kappa shape index (κ2) is 5.01. The molecule has 0 amide bonds. The molecular weight excluding hydrogens is 286 g/mol. The van der Waals surface area contributed by atoms with E-state index in [1.54, 1.807) is 12.1 Å². The number of anilines is 1. The molecule has 92 valence electrons. The summed E-state index contributed by atoms with van der Waals surface area (Å²) in [6.07, 6.45) is 2.93. The molecule has 1 saturated carbocycles. The lowest BCUT2D eigenvalue weighted by Crippen LogP contribution is -2.20. The van der Waals surface area contributed by atoms with Crippen LogP contribution in [0.1, 0.15) is 19.3 Å². The molecule has 0 radical (unpaired) electrons. The van der Waals surface area contributed by atoms with Crippen LogP contribution in [0.15, 0.2) is 22.7 Å². The summed E-state index contributed by atoms with van der Waals surface area (Å²) in [5, 5.41) is 14.0. The molecule has 5 nitrogen and oxygen atoms in total. The molecule has 1 aromatic carbocycles. The predicted octanol–water partition coefficient (Wildman–Crippen LogP) is 2.65. The Kier molecular flexibility index (Phi) is 3.63. The van der Waals surface area contributed by atoms with E-state index < -0.39 is 4.92 Å². The molecule has 0 spiro atoms. The molecule has 2 atom stereocenters. The number of non-ortho nitro benzene ring substituents is 1. The summed E-state index contributed by atoms with van der Waals surface area (Å²) in [6, 6.07) is 5.27. The Morgan fingerprint density at radius 1 is 1.47 bits per heavy atom. The maximum atomic E-state index is 10.7. The SMILES string of the molecule is NC1CCC(Nc2cc([N+](=O)[O-])ccc2Br)C1. The molecule has 0 saturated heterocycles. The summed E-state index contributed by atoms with van der Waals surface area (Å²) in [6.45, 7) is 0. The number of nitrogens with zero attached hydrogens (tertiary/aromatic N) is 1. The van der Waals surface area contributed by atoms with Gasteiger partial charge in [-0.2, -0.15) is 0 Å². The Balaban J connectivity index is 2.14. The Bertz CT molecular complexity index is 439. The van der Waals surface area contributed by atoms with Gasteiger partial charge >= 0.3 is 0 Å². The maximum Gasteiger partial charge on any atom is 0.271 e. The number of nitro groups is 1. The molecular formula is C11H14BrN3O2. The topological polar surface area (TPSA) is 81.2 Å². The van der Waals surface area contributed by atoms with E-state index in [2.05, 4.69) is 21.2 Å². The first kappa shape index (κ1) is 12.3. The van der Waals surface area contributed by atoms with Crippen molar-refractivity contribution in [2.45, 2.75) is 31.3 Å². The minimum atomic E-state index is -0.391. The van der Waals surface area contributed by atoms with Gasteiger partial charge in [0.15, 0.2) is 0 Å². The van der Waals surface area contributed by atoms with Crippen LogP contribution in [0, 0.1) is 10.1 Å². The van der Waals surface area contributed by atoms with Gasteiger partial charge in [-0.25, -0.2) is 0 Å². The van der Waals surface area contributed by atoms with E-state index in [-0.39, 0.29) is 11.7 Å². The lowest BCUT2D eigenvalue weighted by atomic mass is 10.2. The molecule has 2 unspecified atom stereocenters. The highest BCUT2D eigenvalue weighted by molar-refractivity contribution is 9.10. The highest BCUT2D eigenvalue weighted by atomic mass is 79.9.